The second-order valence-electron chi connectivity index (χ2n) is 4.77. The predicted octanol–water partition coefficient (Wildman–Crippen LogP) is 1.42. The van der Waals surface area contributed by atoms with Gasteiger partial charge in [-0.15, -0.1) is 0 Å². The number of para-hydroxylation sites is 1. The van der Waals surface area contributed by atoms with Gasteiger partial charge in [0.05, 0.1) is 0 Å². The average Bonchev–Trinajstić information content (AvgIpc) is 2.38. The number of nitrogens with one attached hydrogen (secondary N) is 1. The minimum absolute atomic E-state index is 0.636. The fraction of sp³-hybridized carbons (Fsp3) is 0.571. The SMILES string of the molecule is CNCCN1CCN(c2ccccc2)CC1C. The van der Waals surface area contributed by atoms with Gasteiger partial charge in [0.25, 0.3) is 0 Å². The minimum Gasteiger partial charge on any atom is -0.369 e. The van der Waals surface area contributed by atoms with Gasteiger partial charge in [0, 0.05) is 44.5 Å². The molecule has 0 amide bonds. The molecule has 3 nitrogen and oxygen atoms in total. The van der Waals surface area contributed by atoms with Crippen LogP contribution in [-0.4, -0.2) is 50.7 Å². The first-order valence-electron chi connectivity index (χ1n) is 6.50. The Morgan fingerprint density at radius 1 is 1.24 bits per heavy atom. The van der Waals surface area contributed by atoms with Crippen molar-refractivity contribution in [3.63, 3.8) is 0 Å². The van der Waals surface area contributed by atoms with E-state index in [1.54, 1.807) is 0 Å². The van der Waals surface area contributed by atoms with Crippen LogP contribution in [0.3, 0.4) is 0 Å². The molecule has 94 valence electrons. The van der Waals surface area contributed by atoms with Gasteiger partial charge in [0.2, 0.25) is 0 Å². The second-order valence-corrected chi connectivity index (χ2v) is 4.77. The van der Waals surface area contributed by atoms with Gasteiger partial charge >= 0.3 is 0 Å². The van der Waals surface area contributed by atoms with Crippen LogP contribution in [0.1, 0.15) is 6.92 Å². The molecule has 1 aliphatic rings. The van der Waals surface area contributed by atoms with Gasteiger partial charge in [-0.1, -0.05) is 18.2 Å². The summed E-state index contributed by atoms with van der Waals surface area (Å²) in [5.74, 6) is 0. The van der Waals surface area contributed by atoms with E-state index in [0.29, 0.717) is 6.04 Å². The molecule has 0 aromatic heterocycles. The van der Waals surface area contributed by atoms with E-state index in [9.17, 15) is 0 Å². The third-order valence-corrected chi connectivity index (χ3v) is 3.54. The Kier molecular flexibility index (Phi) is 4.40. The van der Waals surface area contributed by atoms with Gasteiger partial charge < -0.3 is 10.2 Å². The molecule has 1 aliphatic heterocycles. The Morgan fingerprint density at radius 2 is 2.00 bits per heavy atom. The van der Waals surface area contributed by atoms with Gasteiger partial charge in [-0.2, -0.15) is 0 Å². The number of piperazine rings is 1. The van der Waals surface area contributed by atoms with Crippen LogP contribution in [0, 0.1) is 0 Å². The molecule has 0 aliphatic carbocycles. The zero-order valence-corrected chi connectivity index (χ0v) is 10.9. The van der Waals surface area contributed by atoms with Crippen molar-refractivity contribution in [2.24, 2.45) is 0 Å². The molecule has 1 aromatic rings. The standard InChI is InChI=1S/C14H23N3/c1-13-12-17(14-6-4-3-5-7-14)11-10-16(13)9-8-15-2/h3-7,13,15H,8-12H2,1-2H3. The minimum atomic E-state index is 0.636. The van der Waals surface area contributed by atoms with Crippen LogP contribution < -0.4 is 10.2 Å². The van der Waals surface area contributed by atoms with Gasteiger partial charge in [-0.05, 0) is 26.1 Å². The van der Waals surface area contributed by atoms with Gasteiger partial charge in [0.15, 0.2) is 0 Å². The van der Waals surface area contributed by atoms with Crippen LogP contribution >= 0.6 is 0 Å². The lowest BCUT2D eigenvalue weighted by Gasteiger charge is -2.41. The molecule has 1 saturated heterocycles. The maximum atomic E-state index is 3.22. The lowest BCUT2D eigenvalue weighted by atomic mass is 10.1. The number of rotatable bonds is 4. The second kappa shape index (κ2) is 6.03. The van der Waals surface area contributed by atoms with E-state index in [4.69, 9.17) is 0 Å². The largest absolute Gasteiger partial charge is 0.369 e. The van der Waals surface area contributed by atoms with E-state index in [-0.39, 0.29) is 0 Å². The maximum absolute atomic E-state index is 3.22. The quantitative estimate of drug-likeness (QED) is 0.848. The summed E-state index contributed by atoms with van der Waals surface area (Å²) in [6.45, 7) is 7.99. The van der Waals surface area contributed by atoms with Crippen molar-refractivity contribution in [2.45, 2.75) is 13.0 Å². The average molecular weight is 233 g/mol. The van der Waals surface area contributed by atoms with Crippen molar-refractivity contribution >= 4 is 5.69 Å². The van der Waals surface area contributed by atoms with Crippen molar-refractivity contribution in [1.29, 1.82) is 0 Å². The van der Waals surface area contributed by atoms with E-state index < -0.39 is 0 Å². The lowest BCUT2D eigenvalue weighted by Crippen LogP contribution is -2.53. The monoisotopic (exact) mass is 233 g/mol. The van der Waals surface area contributed by atoms with E-state index in [1.165, 1.54) is 5.69 Å². The molecule has 2 rings (SSSR count). The highest BCUT2D eigenvalue weighted by atomic mass is 15.3. The summed E-state index contributed by atoms with van der Waals surface area (Å²) in [7, 11) is 2.02. The smallest absolute Gasteiger partial charge is 0.0367 e. The van der Waals surface area contributed by atoms with Crippen LogP contribution in [0.25, 0.3) is 0 Å². The molecule has 0 saturated carbocycles. The number of hydrogen-bond acceptors (Lipinski definition) is 3. The van der Waals surface area contributed by atoms with Crippen LogP contribution in [0.15, 0.2) is 30.3 Å². The molecule has 1 N–H and O–H groups in total. The van der Waals surface area contributed by atoms with Crippen molar-refractivity contribution in [2.75, 3.05) is 44.7 Å². The highest BCUT2D eigenvalue weighted by Crippen LogP contribution is 2.18. The molecule has 3 heteroatoms. The van der Waals surface area contributed by atoms with Crippen LogP contribution in [0.4, 0.5) is 5.69 Å². The summed E-state index contributed by atoms with van der Waals surface area (Å²) in [6, 6.07) is 11.4. The van der Waals surface area contributed by atoms with Crippen molar-refractivity contribution in [1.82, 2.24) is 10.2 Å². The first kappa shape index (κ1) is 12.4. The number of hydrogen-bond donors (Lipinski definition) is 1. The van der Waals surface area contributed by atoms with E-state index in [0.717, 1.165) is 32.7 Å². The molecule has 1 heterocycles. The Labute approximate surface area is 104 Å². The first-order valence-corrected chi connectivity index (χ1v) is 6.50. The highest BCUT2D eigenvalue weighted by Gasteiger charge is 2.22. The zero-order chi connectivity index (χ0) is 12.1. The lowest BCUT2D eigenvalue weighted by molar-refractivity contribution is 0.191. The summed E-state index contributed by atoms with van der Waals surface area (Å²) in [6.07, 6.45) is 0. The summed E-state index contributed by atoms with van der Waals surface area (Å²) in [5, 5.41) is 3.22. The van der Waals surface area contributed by atoms with Crippen molar-refractivity contribution in [3.8, 4) is 0 Å². The fourth-order valence-electron chi connectivity index (χ4n) is 2.46. The fourth-order valence-corrected chi connectivity index (χ4v) is 2.46. The van der Waals surface area contributed by atoms with Gasteiger partial charge in [-0.25, -0.2) is 0 Å². The van der Waals surface area contributed by atoms with Gasteiger partial charge in [0.1, 0.15) is 0 Å². The Morgan fingerprint density at radius 3 is 2.65 bits per heavy atom. The van der Waals surface area contributed by atoms with E-state index in [2.05, 4.69) is 52.4 Å². The molecule has 1 fully saturated rings. The summed E-state index contributed by atoms with van der Waals surface area (Å²) >= 11 is 0. The third kappa shape index (κ3) is 3.20. The first-order chi connectivity index (χ1) is 8.31. The molecule has 1 aromatic carbocycles. The van der Waals surface area contributed by atoms with Gasteiger partial charge in [-0.3, -0.25) is 4.90 Å². The van der Waals surface area contributed by atoms with Crippen LogP contribution in [0.2, 0.25) is 0 Å². The topological polar surface area (TPSA) is 18.5 Å². The molecule has 0 radical (unpaired) electrons. The Hall–Kier alpha value is -1.06. The summed E-state index contributed by atoms with van der Waals surface area (Å²) in [5.41, 5.74) is 1.35. The number of likely N-dealkylation sites (N-methyl/N-ethyl adjacent to an activating group) is 1. The number of nitrogens with zero attached hydrogens (tertiary/aromatic N) is 2. The predicted molar refractivity (Wildman–Crippen MR) is 73.6 cm³/mol. The van der Waals surface area contributed by atoms with Crippen LogP contribution in [0.5, 0.6) is 0 Å². The highest BCUT2D eigenvalue weighted by molar-refractivity contribution is 5.46. The van der Waals surface area contributed by atoms with E-state index >= 15 is 0 Å². The van der Waals surface area contributed by atoms with Crippen molar-refractivity contribution < 1.29 is 0 Å². The maximum Gasteiger partial charge on any atom is 0.0367 e. The number of benzene rings is 1. The molecule has 0 spiro atoms. The number of anilines is 1. The molecule has 1 unspecified atom stereocenters. The Balaban J connectivity index is 1.91. The van der Waals surface area contributed by atoms with Crippen molar-refractivity contribution in [3.05, 3.63) is 30.3 Å². The zero-order valence-electron chi connectivity index (χ0n) is 10.9. The normalized spacial score (nSPS) is 21.8. The molecule has 17 heavy (non-hydrogen) atoms. The molecule has 0 bridgehead atoms. The van der Waals surface area contributed by atoms with Crippen LogP contribution in [-0.2, 0) is 0 Å². The van der Waals surface area contributed by atoms with E-state index in [1.807, 2.05) is 7.05 Å². The summed E-state index contributed by atoms with van der Waals surface area (Å²) < 4.78 is 0. The Bertz CT molecular complexity index is 325. The summed E-state index contributed by atoms with van der Waals surface area (Å²) in [4.78, 5) is 5.05. The molecule has 1 atom stereocenters. The molecular formula is C14H23N3. The molecular weight excluding hydrogens is 210 g/mol. The third-order valence-electron chi connectivity index (χ3n) is 3.54.